The van der Waals surface area contributed by atoms with E-state index >= 15 is 0 Å². The van der Waals surface area contributed by atoms with Crippen LogP contribution in [-0.4, -0.2) is 20.8 Å². The highest BCUT2D eigenvalue weighted by Crippen LogP contribution is 2.67. The van der Waals surface area contributed by atoms with Crippen molar-refractivity contribution in [3.8, 4) is 0 Å². The number of halogens is 2. The Bertz CT molecular complexity index is 1290. The number of nitrogens with one attached hydrogen (secondary N) is 1. The maximum atomic E-state index is 13.7. The van der Waals surface area contributed by atoms with Gasteiger partial charge in [-0.1, -0.05) is 43.1 Å². The highest BCUT2D eigenvalue weighted by molar-refractivity contribution is 6.42. The maximum Gasteiger partial charge on any atom is 0.271 e. The predicted octanol–water partition coefficient (Wildman–Crippen LogP) is 5.64. The Labute approximate surface area is 187 Å². The third kappa shape index (κ3) is 2.69. The van der Waals surface area contributed by atoms with E-state index in [-0.39, 0.29) is 17.5 Å². The summed E-state index contributed by atoms with van der Waals surface area (Å²) in [6.45, 7) is 4.12. The van der Waals surface area contributed by atoms with E-state index in [1.165, 1.54) is 12.1 Å². The monoisotopic (exact) mass is 456 g/mol. The van der Waals surface area contributed by atoms with Crippen molar-refractivity contribution in [2.24, 2.45) is 5.41 Å². The number of anilines is 1. The lowest BCUT2D eigenvalue weighted by Crippen LogP contribution is -2.46. The van der Waals surface area contributed by atoms with Crippen LogP contribution in [0.5, 0.6) is 0 Å². The molecule has 0 spiro atoms. The summed E-state index contributed by atoms with van der Waals surface area (Å²) in [7, 11) is 0. The molecule has 2 aromatic carbocycles. The highest BCUT2D eigenvalue weighted by atomic mass is 35.5. The summed E-state index contributed by atoms with van der Waals surface area (Å²) in [6.07, 6.45) is 1.43. The smallest absolute Gasteiger partial charge is 0.271 e. The zero-order valence-corrected chi connectivity index (χ0v) is 18.3. The predicted molar refractivity (Wildman–Crippen MR) is 119 cm³/mol. The Morgan fingerprint density at radius 1 is 1.16 bits per heavy atom. The number of nitro groups is 1. The summed E-state index contributed by atoms with van der Waals surface area (Å²) in [6, 6.07) is 9.30. The molecule has 2 aliphatic carbocycles. The van der Waals surface area contributed by atoms with Crippen LogP contribution in [0.1, 0.15) is 44.0 Å². The fraction of sp³-hybridized carbons (Fsp3) is 0.318. The van der Waals surface area contributed by atoms with Crippen molar-refractivity contribution < 1.29 is 9.72 Å². The lowest BCUT2D eigenvalue weighted by molar-refractivity contribution is -0.384. The van der Waals surface area contributed by atoms with Crippen LogP contribution < -0.4 is 5.32 Å². The first kappa shape index (κ1) is 20.2. The van der Waals surface area contributed by atoms with Crippen molar-refractivity contribution in [2.75, 3.05) is 5.32 Å². The lowest BCUT2D eigenvalue weighted by Gasteiger charge is -2.36. The number of non-ortho nitro benzene ring substituents is 1. The molecule has 0 saturated heterocycles. The minimum Gasteiger partial charge on any atom is -0.325 e. The number of benzene rings is 2. The molecule has 9 heteroatoms. The molecule has 3 aromatic rings. The zero-order chi connectivity index (χ0) is 22.1. The topological polar surface area (TPSA) is 98.0 Å². The average Bonchev–Trinajstić information content (AvgIpc) is 3.09. The molecule has 2 aliphatic rings. The van der Waals surface area contributed by atoms with Gasteiger partial charge in [-0.15, -0.1) is 0 Å². The van der Waals surface area contributed by atoms with Crippen molar-refractivity contribution in [2.45, 2.75) is 38.0 Å². The molecule has 1 amide bonds. The normalized spacial score (nSPS) is 23.0. The molecule has 5 rings (SSSR count). The second-order valence-electron chi connectivity index (χ2n) is 8.69. The number of nitro benzene ring substituents is 1. The van der Waals surface area contributed by atoms with Crippen molar-refractivity contribution in [1.82, 2.24) is 9.97 Å². The van der Waals surface area contributed by atoms with E-state index in [9.17, 15) is 14.9 Å². The molecule has 2 atom stereocenters. The second-order valence-corrected chi connectivity index (χ2v) is 9.51. The third-order valence-corrected chi connectivity index (χ3v) is 7.67. The van der Waals surface area contributed by atoms with E-state index in [1.54, 1.807) is 24.3 Å². The van der Waals surface area contributed by atoms with Crippen molar-refractivity contribution >= 4 is 51.5 Å². The Morgan fingerprint density at radius 2 is 1.84 bits per heavy atom. The van der Waals surface area contributed by atoms with E-state index in [0.29, 0.717) is 38.9 Å². The van der Waals surface area contributed by atoms with E-state index in [2.05, 4.69) is 19.2 Å². The fourth-order valence-electron chi connectivity index (χ4n) is 5.31. The van der Waals surface area contributed by atoms with Crippen LogP contribution in [0.3, 0.4) is 0 Å². The number of hydrogen-bond acceptors (Lipinski definition) is 5. The molecule has 1 N–H and O–H groups in total. The number of amides is 1. The molecule has 2 unspecified atom stereocenters. The number of hydrogen-bond donors (Lipinski definition) is 1. The largest absolute Gasteiger partial charge is 0.325 e. The van der Waals surface area contributed by atoms with Crippen molar-refractivity contribution in [3.63, 3.8) is 0 Å². The van der Waals surface area contributed by atoms with Gasteiger partial charge >= 0.3 is 0 Å². The number of nitrogens with zero attached hydrogens (tertiary/aromatic N) is 3. The molecule has 31 heavy (non-hydrogen) atoms. The van der Waals surface area contributed by atoms with Crippen LogP contribution in [0.4, 0.5) is 11.4 Å². The first-order valence-corrected chi connectivity index (χ1v) is 10.6. The highest BCUT2D eigenvalue weighted by Gasteiger charge is 2.67. The van der Waals surface area contributed by atoms with Gasteiger partial charge < -0.3 is 5.32 Å². The first-order chi connectivity index (χ1) is 14.6. The Kier molecular flexibility index (Phi) is 4.30. The van der Waals surface area contributed by atoms with Gasteiger partial charge in [-0.25, -0.2) is 9.97 Å². The summed E-state index contributed by atoms with van der Waals surface area (Å²) in [5.74, 6) is -0.155. The average molecular weight is 457 g/mol. The molecule has 1 heterocycles. The Morgan fingerprint density at radius 3 is 2.52 bits per heavy atom. The van der Waals surface area contributed by atoms with Crippen LogP contribution >= 0.6 is 23.2 Å². The van der Waals surface area contributed by atoms with Gasteiger partial charge in [-0.3, -0.25) is 14.9 Å². The number of fused-ring (bicyclic) bond motifs is 6. The first-order valence-electron chi connectivity index (χ1n) is 9.88. The number of aromatic nitrogens is 2. The number of rotatable bonds is 3. The van der Waals surface area contributed by atoms with Crippen molar-refractivity contribution in [3.05, 3.63) is 67.9 Å². The lowest BCUT2D eigenvalue weighted by atomic mass is 9.67. The Hall–Kier alpha value is -2.77. The van der Waals surface area contributed by atoms with Crippen LogP contribution in [0.15, 0.2) is 36.4 Å². The fourth-order valence-corrected chi connectivity index (χ4v) is 5.63. The Balaban J connectivity index is 1.64. The SMILES string of the molecule is CC1(C)C2CCC1(C(=O)Nc1cccc([N+](=O)[O-])c1)c1nc3cc(Cl)c(Cl)cc3nc12. The van der Waals surface area contributed by atoms with Gasteiger partial charge in [0, 0.05) is 23.7 Å². The molecule has 7 nitrogen and oxygen atoms in total. The molecule has 1 saturated carbocycles. The van der Waals surface area contributed by atoms with Gasteiger partial charge in [-0.2, -0.15) is 0 Å². The molecule has 1 fully saturated rings. The van der Waals surface area contributed by atoms with Gasteiger partial charge in [0.15, 0.2) is 0 Å². The van der Waals surface area contributed by atoms with Crippen LogP contribution in [0.25, 0.3) is 11.0 Å². The molecule has 0 aliphatic heterocycles. The van der Waals surface area contributed by atoms with Crippen LogP contribution in [0, 0.1) is 15.5 Å². The summed E-state index contributed by atoms with van der Waals surface area (Å²) in [4.78, 5) is 34.0. The molecule has 0 radical (unpaired) electrons. The van der Waals surface area contributed by atoms with Crippen molar-refractivity contribution in [1.29, 1.82) is 0 Å². The van der Waals surface area contributed by atoms with Gasteiger partial charge in [0.05, 0.1) is 42.8 Å². The zero-order valence-electron chi connectivity index (χ0n) is 16.8. The van der Waals surface area contributed by atoms with E-state index in [4.69, 9.17) is 33.2 Å². The van der Waals surface area contributed by atoms with E-state index in [0.717, 1.165) is 12.1 Å². The van der Waals surface area contributed by atoms with E-state index < -0.39 is 15.8 Å². The summed E-state index contributed by atoms with van der Waals surface area (Å²) in [5, 5.41) is 14.8. The molecular weight excluding hydrogens is 439 g/mol. The molecule has 1 aromatic heterocycles. The van der Waals surface area contributed by atoms with Gasteiger partial charge in [0.25, 0.3) is 5.69 Å². The summed E-state index contributed by atoms with van der Waals surface area (Å²) < 4.78 is 0. The number of carbonyl (C=O) groups is 1. The summed E-state index contributed by atoms with van der Waals surface area (Å²) >= 11 is 12.3. The molecule has 2 bridgehead atoms. The number of carbonyl (C=O) groups excluding carboxylic acids is 1. The van der Waals surface area contributed by atoms with E-state index in [1.807, 2.05) is 0 Å². The van der Waals surface area contributed by atoms with Crippen LogP contribution in [-0.2, 0) is 10.2 Å². The quantitative estimate of drug-likeness (QED) is 0.406. The summed E-state index contributed by atoms with van der Waals surface area (Å²) in [5.41, 5.74) is 1.67. The molecular formula is C22H18Cl2N4O3. The van der Waals surface area contributed by atoms with Gasteiger partial charge in [0.1, 0.15) is 0 Å². The van der Waals surface area contributed by atoms with Gasteiger partial charge in [-0.05, 0) is 36.5 Å². The minimum atomic E-state index is -0.898. The van der Waals surface area contributed by atoms with Gasteiger partial charge in [0.2, 0.25) is 5.91 Å². The standard InChI is InChI=1S/C22H18Cl2N4O3/c1-21(2)13-6-7-22(21,20(29)25-11-4-3-5-12(8-11)28(30)31)19-18(13)26-16-9-14(23)15(24)10-17(16)27-19/h3-5,8-10,13H,6-7H2,1-2H3,(H,25,29). The van der Waals surface area contributed by atoms with Crippen LogP contribution in [0.2, 0.25) is 10.0 Å². The second kappa shape index (κ2) is 6.61. The molecule has 158 valence electrons. The third-order valence-electron chi connectivity index (χ3n) is 6.95. The maximum absolute atomic E-state index is 13.7. The minimum absolute atomic E-state index is 0.0738.